The van der Waals surface area contributed by atoms with Crippen molar-refractivity contribution in [2.24, 2.45) is 0 Å². The van der Waals surface area contributed by atoms with Crippen molar-refractivity contribution in [1.82, 2.24) is 4.98 Å². The number of rotatable bonds is 2. The van der Waals surface area contributed by atoms with E-state index in [9.17, 15) is 13.2 Å². The predicted molar refractivity (Wildman–Crippen MR) is 80.6 cm³/mol. The number of fused-ring (bicyclic) bond motifs is 1. The fourth-order valence-corrected chi connectivity index (χ4v) is 2.72. The monoisotopic (exact) mass is 321 g/mol. The fraction of sp³-hybridized carbons (Fsp3) is 0.118. The van der Waals surface area contributed by atoms with Crippen LogP contribution >= 0.6 is 11.6 Å². The van der Waals surface area contributed by atoms with Crippen molar-refractivity contribution in [3.63, 3.8) is 0 Å². The molecule has 112 valence electrons. The molecule has 5 heteroatoms. The summed E-state index contributed by atoms with van der Waals surface area (Å²) in [5.74, 6) is -1.80. The molecule has 0 amide bonds. The summed E-state index contributed by atoms with van der Waals surface area (Å²) in [5.41, 5.74) is 2.03. The number of nitrogens with zero attached hydrogens (tertiary/aromatic N) is 1. The first-order valence-corrected chi connectivity index (χ1v) is 7.01. The van der Waals surface area contributed by atoms with Crippen LogP contribution in [-0.4, -0.2) is 4.98 Å². The quantitative estimate of drug-likeness (QED) is 0.632. The highest BCUT2D eigenvalue weighted by molar-refractivity contribution is 6.36. The van der Waals surface area contributed by atoms with E-state index in [1.165, 1.54) is 12.1 Å². The Morgan fingerprint density at radius 2 is 1.82 bits per heavy atom. The van der Waals surface area contributed by atoms with Crippen LogP contribution in [0.25, 0.3) is 10.9 Å². The van der Waals surface area contributed by atoms with Crippen LogP contribution in [0.2, 0.25) is 5.02 Å². The number of aromatic nitrogens is 1. The van der Waals surface area contributed by atoms with Gasteiger partial charge in [0.2, 0.25) is 0 Å². The molecule has 0 aliphatic rings. The molecule has 0 aliphatic heterocycles. The molecule has 1 nitrogen and oxygen atoms in total. The SMILES string of the molecule is Cc1c(Cc2cccc(F)c2)nc2cc(F)cc(F)c2c1Cl. The third-order valence-electron chi connectivity index (χ3n) is 3.53. The summed E-state index contributed by atoms with van der Waals surface area (Å²) in [7, 11) is 0. The molecule has 1 aromatic heterocycles. The maximum absolute atomic E-state index is 13.9. The molecule has 0 unspecified atom stereocenters. The lowest BCUT2D eigenvalue weighted by Crippen LogP contribution is -2.00. The molecule has 0 saturated heterocycles. The van der Waals surface area contributed by atoms with Crippen molar-refractivity contribution in [1.29, 1.82) is 0 Å². The maximum atomic E-state index is 13.9. The molecule has 0 N–H and O–H groups in total. The van der Waals surface area contributed by atoms with Crippen LogP contribution in [0.15, 0.2) is 36.4 Å². The van der Waals surface area contributed by atoms with Gasteiger partial charge in [-0.05, 0) is 30.2 Å². The Hall–Kier alpha value is -2.07. The van der Waals surface area contributed by atoms with Crippen molar-refractivity contribution >= 4 is 22.5 Å². The average molecular weight is 322 g/mol. The zero-order valence-corrected chi connectivity index (χ0v) is 12.4. The van der Waals surface area contributed by atoms with Crippen LogP contribution in [-0.2, 0) is 6.42 Å². The van der Waals surface area contributed by atoms with Crippen LogP contribution in [0.5, 0.6) is 0 Å². The van der Waals surface area contributed by atoms with Gasteiger partial charge >= 0.3 is 0 Å². The molecule has 3 aromatic rings. The molecule has 3 rings (SSSR count). The Kier molecular flexibility index (Phi) is 3.79. The Bertz CT molecular complexity index is 877. The van der Waals surface area contributed by atoms with Gasteiger partial charge in [0.05, 0.1) is 15.9 Å². The second-order valence-electron chi connectivity index (χ2n) is 5.09. The van der Waals surface area contributed by atoms with Crippen molar-refractivity contribution in [3.05, 3.63) is 75.7 Å². The van der Waals surface area contributed by atoms with Crippen molar-refractivity contribution in [2.45, 2.75) is 13.3 Å². The largest absolute Gasteiger partial charge is 0.252 e. The fourth-order valence-electron chi connectivity index (χ4n) is 2.42. The van der Waals surface area contributed by atoms with Gasteiger partial charge in [0.25, 0.3) is 0 Å². The lowest BCUT2D eigenvalue weighted by atomic mass is 10.0. The second kappa shape index (κ2) is 5.61. The molecule has 0 atom stereocenters. The van der Waals surface area contributed by atoms with Gasteiger partial charge in [-0.1, -0.05) is 23.7 Å². The number of benzene rings is 2. The van der Waals surface area contributed by atoms with Gasteiger partial charge in [0, 0.05) is 24.2 Å². The molecule has 0 radical (unpaired) electrons. The highest BCUT2D eigenvalue weighted by Gasteiger charge is 2.15. The van der Waals surface area contributed by atoms with E-state index < -0.39 is 11.6 Å². The molecule has 0 aliphatic carbocycles. The normalized spacial score (nSPS) is 11.1. The Balaban J connectivity index is 2.16. The Morgan fingerprint density at radius 1 is 1.05 bits per heavy atom. The van der Waals surface area contributed by atoms with Crippen LogP contribution in [0, 0.1) is 24.4 Å². The van der Waals surface area contributed by atoms with E-state index in [0.29, 0.717) is 23.2 Å². The molecule has 22 heavy (non-hydrogen) atoms. The van der Waals surface area contributed by atoms with Gasteiger partial charge in [-0.2, -0.15) is 0 Å². The lowest BCUT2D eigenvalue weighted by Gasteiger charge is -2.11. The molecule has 0 spiro atoms. The van der Waals surface area contributed by atoms with E-state index in [0.717, 1.165) is 12.1 Å². The van der Waals surface area contributed by atoms with Gasteiger partial charge < -0.3 is 0 Å². The van der Waals surface area contributed by atoms with E-state index in [4.69, 9.17) is 11.6 Å². The highest BCUT2D eigenvalue weighted by atomic mass is 35.5. The minimum atomic E-state index is -0.743. The van der Waals surface area contributed by atoms with E-state index in [2.05, 4.69) is 4.98 Å². The molecular weight excluding hydrogens is 311 g/mol. The maximum Gasteiger partial charge on any atom is 0.137 e. The van der Waals surface area contributed by atoms with E-state index in [1.807, 2.05) is 0 Å². The van der Waals surface area contributed by atoms with E-state index in [1.54, 1.807) is 19.1 Å². The number of pyridine rings is 1. The van der Waals surface area contributed by atoms with Crippen LogP contribution < -0.4 is 0 Å². The molecule has 1 heterocycles. The minimum absolute atomic E-state index is 0.101. The molecule has 0 bridgehead atoms. The first-order valence-electron chi connectivity index (χ1n) is 6.64. The standard InChI is InChI=1S/C17H11ClF3N/c1-9-14(6-10-3-2-4-11(19)5-10)22-15-8-12(20)7-13(21)16(15)17(9)18/h2-5,7-8H,6H2,1H3. The van der Waals surface area contributed by atoms with Crippen molar-refractivity contribution in [2.75, 3.05) is 0 Å². The zero-order chi connectivity index (χ0) is 15.9. The van der Waals surface area contributed by atoms with Gasteiger partial charge in [-0.3, -0.25) is 4.98 Å². The van der Waals surface area contributed by atoms with Crippen LogP contribution in [0.4, 0.5) is 13.2 Å². The van der Waals surface area contributed by atoms with Crippen molar-refractivity contribution < 1.29 is 13.2 Å². The summed E-state index contributed by atoms with van der Waals surface area (Å²) >= 11 is 6.21. The first-order chi connectivity index (χ1) is 10.5. The van der Waals surface area contributed by atoms with E-state index in [-0.39, 0.29) is 21.7 Å². The van der Waals surface area contributed by atoms with Crippen LogP contribution in [0.1, 0.15) is 16.8 Å². The second-order valence-corrected chi connectivity index (χ2v) is 5.46. The van der Waals surface area contributed by atoms with E-state index >= 15 is 0 Å². The minimum Gasteiger partial charge on any atom is -0.252 e. The molecular formula is C17H11ClF3N. The number of hydrogen-bond donors (Lipinski definition) is 0. The van der Waals surface area contributed by atoms with Gasteiger partial charge in [-0.25, -0.2) is 13.2 Å². The summed E-state index contributed by atoms with van der Waals surface area (Å²) in [6.45, 7) is 1.71. The molecule has 0 saturated carbocycles. The van der Waals surface area contributed by atoms with Crippen LogP contribution in [0.3, 0.4) is 0 Å². The predicted octanol–water partition coefficient (Wildman–Crippen LogP) is 5.20. The van der Waals surface area contributed by atoms with Gasteiger partial charge in [0.1, 0.15) is 17.5 Å². The van der Waals surface area contributed by atoms with Gasteiger partial charge in [0.15, 0.2) is 0 Å². The smallest absolute Gasteiger partial charge is 0.137 e. The summed E-state index contributed by atoms with van der Waals surface area (Å²) < 4.78 is 40.5. The Morgan fingerprint density at radius 3 is 2.55 bits per heavy atom. The topological polar surface area (TPSA) is 12.9 Å². The zero-order valence-electron chi connectivity index (χ0n) is 11.6. The summed E-state index contributed by atoms with van der Waals surface area (Å²) in [6.07, 6.45) is 0.331. The summed E-state index contributed by atoms with van der Waals surface area (Å²) in [4.78, 5) is 4.30. The summed E-state index contributed by atoms with van der Waals surface area (Å²) in [6, 6.07) is 8.02. The molecule has 2 aromatic carbocycles. The Labute approximate surface area is 130 Å². The highest BCUT2D eigenvalue weighted by Crippen LogP contribution is 2.31. The third-order valence-corrected chi connectivity index (χ3v) is 4.00. The van der Waals surface area contributed by atoms with Crippen molar-refractivity contribution in [3.8, 4) is 0 Å². The average Bonchev–Trinajstić information content (AvgIpc) is 2.43. The third kappa shape index (κ3) is 2.66. The number of hydrogen-bond acceptors (Lipinski definition) is 1. The first kappa shape index (κ1) is 14.9. The summed E-state index contributed by atoms with van der Waals surface area (Å²) in [5, 5.41) is 0.303. The number of halogens is 4. The molecule has 0 fully saturated rings. The van der Waals surface area contributed by atoms with Gasteiger partial charge in [-0.15, -0.1) is 0 Å². The lowest BCUT2D eigenvalue weighted by molar-refractivity contribution is 0.591.